The van der Waals surface area contributed by atoms with E-state index in [9.17, 15) is 22.4 Å². The fourth-order valence-corrected chi connectivity index (χ4v) is 4.11. The van der Waals surface area contributed by atoms with Gasteiger partial charge in [0.05, 0.1) is 32.4 Å². The zero-order valence-electron chi connectivity index (χ0n) is 14.5. The van der Waals surface area contributed by atoms with E-state index in [1.165, 1.54) is 24.4 Å². The van der Waals surface area contributed by atoms with Crippen LogP contribution in [-0.4, -0.2) is 30.1 Å². The molecule has 0 aliphatic heterocycles. The van der Waals surface area contributed by atoms with E-state index in [2.05, 4.69) is 10.4 Å². The fourth-order valence-electron chi connectivity index (χ4n) is 2.49. The van der Waals surface area contributed by atoms with Gasteiger partial charge in [0.1, 0.15) is 5.82 Å². The Labute approximate surface area is 169 Å². The number of nitrogens with two attached hydrogens (primary N) is 2. The van der Waals surface area contributed by atoms with Crippen molar-refractivity contribution in [3.8, 4) is 5.69 Å². The molecule has 1 aromatic heterocycles. The smallest absolute Gasteiger partial charge is 0.316 e. The molecule has 0 atom stereocenters. The van der Waals surface area contributed by atoms with Gasteiger partial charge >= 0.3 is 6.03 Å². The Hall–Kier alpha value is -3.44. The molecular weight excluding hydrogens is 425 g/mol. The van der Waals surface area contributed by atoms with Crippen molar-refractivity contribution in [1.82, 2.24) is 9.78 Å². The molecule has 0 saturated heterocycles. The number of carbonyl (C=O) groups excluding carboxylic acids is 2. The minimum absolute atomic E-state index is 0.0164. The summed E-state index contributed by atoms with van der Waals surface area (Å²) in [6, 6.07) is 7.22. The van der Waals surface area contributed by atoms with Gasteiger partial charge in [0.2, 0.25) is 9.84 Å². The van der Waals surface area contributed by atoms with Gasteiger partial charge in [-0.15, -0.1) is 0 Å². The Balaban J connectivity index is 2.03. The van der Waals surface area contributed by atoms with Crippen molar-refractivity contribution in [1.29, 1.82) is 0 Å². The minimum Gasteiger partial charge on any atom is -0.364 e. The average molecular weight is 438 g/mol. The van der Waals surface area contributed by atoms with Crippen LogP contribution in [0.1, 0.15) is 10.5 Å². The van der Waals surface area contributed by atoms with Crippen LogP contribution in [0.25, 0.3) is 5.69 Å². The molecule has 0 saturated carbocycles. The fraction of sp³-hybridized carbons (Fsp3) is 0. The number of urea groups is 1. The molecule has 1 heterocycles. The number of carbonyl (C=O) groups is 2. The van der Waals surface area contributed by atoms with Crippen molar-refractivity contribution in [3.63, 3.8) is 0 Å². The van der Waals surface area contributed by atoms with Gasteiger partial charge < -0.3 is 16.8 Å². The summed E-state index contributed by atoms with van der Waals surface area (Å²) in [4.78, 5) is 22.4. The first-order chi connectivity index (χ1) is 13.6. The van der Waals surface area contributed by atoms with E-state index < -0.39 is 27.6 Å². The van der Waals surface area contributed by atoms with Crippen LogP contribution >= 0.6 is 11.6 Å². The van der Waals surface area contributed by atoms with Gasteiger partial charge in [-0.1, -0.05) is 11.6 Å². The maximum Gasteiger partial charge on any atom is 0.316 e. The molecule has 3 amide bonds. The molecule has 150 valence electrons. The maximum absolute atomic E-state index is 13.1. The Bertz CT molecular complexity index is 1230. The summed E-state index contributed by atoms with van der Waals surface area (Å²) in [5, 5.41) is 6.14. The highest BCUT2D eigenvalue weighted by atomic mass is 35.5. The standard InChI is InChI=1S/C17H13ClFN5O4S/c18-12-7-11(29(27,28)10-3-1-9(19)2-4-10)5-6-14(12)24-8-13(22-17(21)26)15(23-24)16(20)25/h1-8H,(H2,20,25)(H3,21,22,26). The summed E-state index contributed by atoms with van der Waals surface area (Å²) < 4.78 is 39.6. The van der Waals surface area contributed by atoms with E-state index in [1.807, 2.05) is 0 Å². The average Bonchev–Trinajstić information content (AvgIpc) is 3.05. The van der Waals surface area contributed by atoms with E-state index in [0.29, 0.717) is 0 Å². The van der Waals surface area contributed by atoms with E-state index in [-0.39, 0.29) is 31.9 Å². The third kappa shape index (κ3) is 4.05. The molecule has 9 nitrogen and oxygen atoms in total. The number of amides is 3. The van der Waals surface area contributed by atoms with Gasteiger partial charge in [-0.05, 0) is 42.5 Å². The number of benzene rings is 2. The molecule has 3 rings (SSSR count). The number of hydrogen-bond donors (Lipinski definition) is 3. The van der Waals surface area contributed by atoms with Crippen LogP contribution in [0.15, 0.2) is 58.5 Å². The van der Waals surface area contributed by atoms with Crippen molar-refractivity contribution in [2.45, 2.75) is 9.79 Å². The van der Waals surface area contributed by atoms with Crippen molar-refractivity contribution < 1.29 is 22.4 Å². The zero-order valence-corrected chi connectivity index (χ0v) is 16.0. The second-order valence-corrected chi connectivity index (χ2v) is 8.12. The van der Waals surface area contributed by atoms with Crippen molar-refractivity contribution in [2.75, 3.05) is 5.32 Å². The molecular formula is C17H13ClFN5O4S. The summed E-state index contributed by atoms with van der Waals surface area (Å²) in [5.74, 6) is -1.49. The van der Waals surface area contributed by atoms with Crippen LogP contribution in [0.5, 0.6) is 0 Å². The summed E-state index contributed by atoms with van der Waals surface area (Å²) in [7, 11) is -3.94. The third-order valence-corrected chi connectivity index (χ3v) is 5.88. The van der Waals surface area contributed by atoms with Crippen LogP contribution in [0, 0.1) is 5.82 Å². The first-order valence-corrected chi connectivity index (χ1v) is 9.72. The lowest BCUT2D eigenvalue weighted by molar-refractivity contribution is 0.0996. The quantitative estimate of drug-likeness (QED) is 0.522. The Morgan fingerprint density at radius 2 is 1.69 bits per heavy atom. The first kappa shape index (κ1) is 20.3. The molecule has 5 N–H and O–H groups in total. The molecule has 12 heteroatoms. The highest BCUT2D eigenvalue weighted by Gasteiger charge is 2.21. The van der Waals surface area contributed by atoms with Crippen LogP contribution < -0.4 is 16.8 Å². The second-order valence-electron chi connectivity index (χ2n) is 5.76. The summed E-state index contributed by atoms with van der Waals surface area (Å²) >= 11 is 6.22. The molecule has 0 aliphatic carbocycles. The first-order valence-electron chi connectivity index (χ1n) is 7.86. The molecule has 0 spiro atoms. The number of aromatic nitrogens is 2. The second kappa shape index (κ2) is 7.53. The minimum atomic E-state index is -3.94. The van der Waals surface area contributed by atoms with Gasteiger partial charge in [-0.25, -0.2) is 22.3 Å². The van der Waals surface area contributed by atoms with Gasteiger partial charge in [0.15, 0.2) is 5.69 Å². The molecule has 0 aliphatic rings. The van der Waals surface area contributed by atoms with Gasteiger partial charge in [0.25, 0.3) is 5.91 Å². The van der Waals surface area contributed by atoms with Gasteiger partial charge in [-0.2, -0.15) is 5.10 Å². The molecule has 29 heavy (non-hydrogen) atoms. The summed E-state index contributed by atoms with van der Waals surface area (Å²) in [6.07, 6.45) is 1.25. The predicted molar refractivity (Wildman–Crippen MR) is 102 cm³/mol. The topological polar surface area (TPSA) is 150 Å². The number of nitrogens with one attached hydrogen (secondary N) is 1. The van der Waals surface area contributed by atoms with Gasteiger partial charge in [-0.3, -0.25) is 4.79 Å². The predicted octanol–water partition coefficient (Wildman–Crippen LogP) is 2.09. The van der Waals surface area contributed by atoms with Crippen molar-refractivity contribution in [3.05, 3.63) is 65.2 Å². The van der Waals surface area contributed by atoms with E-state index in [0.717, 1.165) is 28.9 Å². The molecule has 0 fully saturated rings. The number of primary amides is 2. The van der Waals surface area contributed by atoms with Crippen LogP contribution in [0.2, 0.25) is 5.02 Å². The third-order valence-electron chi connectivity index (χ3n) is 3.81. The van der Waals surface area contributed by atoms with E-state index >= 15 is 0 Å². The van der Waals surface area contributed by atoms with Crippen molar-refractivity contribution in [2.24, 2.45) is 11.5 Å². The Kier molecular flexibility index (Phi) is 5.27. The van der Waals surface area contributed by atoms with Crippen LogP contribution in [0.3, 0.4) is 0 Å². The number of nitrogens with zero attached hydrogens (tertiary/aromatic N) is 2. The zero-order chi connectivity index (χ0) is 21.3. The monoisotopic (exact) mass is 437 g/mol. The number of anilines is 1. The lowest BCUT2D eigenvalue weighted by Crippen LogP contribution is -2.22. The summed E-state index contributed by atoms with van der Waals surface area (Å²) in [5.41, 5.74) is 10.2. The largest absolute Gasteiger partial charge is 0.364 e. The molecule has 0 bridgehead atoms. The molecule has 2 aromatic carbocycles. The Morgan fingerprint density at radius 3 is 2.24 bits per heavy atom. The van der Waals surface area contributed by atoms with Crippen molar-refractivity contribution >= 4 is 39.1 Å². The van der Waals surface area contributed by atoms with Gasteiger partial charge in [0, 0.05) is 0 Å². The highest BCUT2D eigenvalue weighted by molar-refractivity contribution is 7.91. The number of halogens is 2. The Morgan fingerprint density at radius 1 is 1.07 bits per heavy atom. The van der Waals surface area contributed by atoms with E-state index in [1.54, 1.807) is 0 Å². The number of hydrogen-bond acceptors (Lipinski definition) is 5. The highest BCUT2D eigenvalue weighted by Crippen LogP contribution is 2.29. The lowest BCUT2D eigenvalue weighted by Gasteiger charge is -2.08. The SMILES string of the molecule is NC(=O)Nc1cn(-c2ccc(S(=O)(=O)c3ccc(F)cc3)cc2Cl)nc1C(N)=O. The molecule has 3 aromatic rings. The summed E-state index contributed by atoms with van der Waals surface area (Å²) in [6.45, 7) is 0. The molecule has 0 radical (unpaired) electrons. The van der Waals surface area contributed by atoms with E-state index in [4.69, 9.17) is 23.1 Å². The number of sulfone groups is 1. The lowest BCUT2D eigenvalue weighted by atomic mass is 10.3. The maximum atomic E-state index is 13.1. The van der Waals surface area contributed by atoms with Crippen LogP contribution in [-0.2, 0) is 9.84 Å². The normalized spacial score (nSPS) is 11.2. The molecule has 0 unspecified atom stereocenters. The number of rotatable bonds is 5. The van der Waals surface area contributed by atoms with Crippen LogP contribution in [0.4, 0.5) is 14.9 Å².